The van der Waals surface area contributed by atoms with Crippen LogP contribution in [0.5, 0.6) is 0 Å². The number of Topliss-reactive ketones (excluding diaryl/α,β-unsaturated/α-hetero) is 1. The molecular weight excluding hydrogens is 214 g/mol. The molecule has 1 saturated carbocycles. The molecular formula is C10H19NO3S. The SMILES string of the molecule is CCC(=O)C(NS(=O)(=O)C1CC1)C(C)C. The minimum atomic E-state index is -3.26. The molecule has 1 N–H and O–H groups in total. The summed E-state index contributed by atoms with van der Waals surface area (Å²) in [7, 11) is -3.26. The van der Waals surface area contributed by atoms with Gasteiger partial charge >= 0.3 is 0 Å². The van der Waals surface area contributed by atoms with Crippen LogP contribution in [0.4, 0.5) is 0 Å². The molecule has 0 aromatic heterocycles. The molecule has 0 aromatic rings. The molecule has 1 fully saturated rings. The van der Waals surface area contributed by atoms with Crippen LogP contribution in [0.1, 0.15) is 40.0 Å². The van der Waals surface area contributed by atoms with E-state index < -0.39 is 16.1 Å². The molecule has 1 atom stereocenters. The van der Waals surface area contributed by atoms with Crippen molar-refractivity contribution >= 4 is 15.8 Å². The number of carbonyl (C=O) groups excluding carboxylic acids is 1. The van der Waals surface area contributed by atoms with Crippen LogP contribution in [0.2, 0.25) is 0 Å². The summed E-state index contributed by atoms with van der Waals surface area (Å²) in [6.07, 6.45) is 1.82. The van der Waals surface area contributed by atoms with E-state index in [9.17, 15) is 13.2 Å². The normalized spacial score (nSPS) is 19.2. The zero-order chi connectivity index (χ0) is 11.6. The summed E-state index contributed by atoms with van der Waals surface area (Å²) in [5.41, 5.74) is 0. The van der Waals surface area contributed by atoms with Crippen LogP contribution in [0, 0.1) is 5.92 Å². The first-order valence-corrected chi connectivity index (χ1v) is 6.97. The lowest BCUT2D eigenvalue weighted by Crippen LogP contribution is -2.45. The van der Waals surface area contributed by atoms with Crippen molar-refractivity contribution in [2.24, 2.45) is 5.92 Å². The zero-order valence-electron chi connectivity index (χ0n) is 9.49. The van der Waals surface area contributed by atoms with Gasteiger partial charge in [-0.25, -0.2) is 13.1 Å². The predicted octanol–water partition coefficient (Wildman–Crippen LogP) is 1.07. The summed E-state index contributed by atoms with van der Waals surface area (Å²) in [5, 5.41) is -0.261. The zero-order valence-corrected chi connectivity index (χ0v) is 10.3. The highest BCUT2D eigenvalue weighted by Gasteiger charge is 2.38. The van der Waals surface area contributed by atoms with Crippen molar-refractivity contribution in [2.45, 2.75) is 51.3 Å². The van der Waals surface area contributed by atoms with Gasteiger partial charge in [0.05, 0.1) is 11.3 Å². The second-order valence-electron chi connectivity index (χ2n) is 4.40. The molecule has 4 nitrogen and oxygen atoms in total. The first-order chi connectivity index (χ1) is 6.88. The van der Waals surface area contributed by atoms with Crippen LogP contribution in [-0.2, 0) is 14.8 Å². The molecule has 15 heavy (non-hydrogen) atoms. The lowest BCUT2D eigenvalue weighted by molar-refractivity contribution is -0.121. The monoisotopic (exact) mass is 233 g/mol. The molecule has 0 radical (unpaired) electrons. The van der Waals surface area contributed by atoms with E-state index in [1.54, 1.807) is 6.92 Å². The molecule has 0 bridgehead atoms. The molecule has 0 saturated heterocycles. The van der Waals surface area contributed by atoms with E-state index in [2.05, 4.69) is 4.72 Å². The first-order valence-electron chi connectivity index (χ1n) is 5.42. The van der Waals surface area contributed by atoms with Crippen molar-refractivity contribution in [2.75, 3.05) is 0 Å². The fourth-order valence-corrected chi connectivity index (χ4v) is 3.15. The average molecular weight is 233 g/mol. The summed E-state index contributed by atoms with van der Waals surface area (Å²) in [5.74, 6) is -0.0276. The average Bonchev–Trinajstić information content (AvgIpc) is 2.95. The predicted molar refractivity (Wildman–Crippen MR) is 59.0 cm³/mol. The van der Waals surface area contributed by atoms with Crippen LogP contribution in [0.15, 0.2) is 0 Å². The third-order valence-electron chi connectivity index (χ3n) is 2.62. The first kappa shape index (κ1) is 12.6. The molecule has 0 aromatic carbocycles. The molecule has 5 heteroatoms. The Morgan fingerprint density at radius 1 is 1.40 bits per heavy atom. The van der Waals surface area contributed by atoms with Crippen LogP contribution < -0.4 is 4.72 Å². The number of sulfonamides is 1. The molecule has 0 spiro atoms. The maximum absolute atomic E-state index is 11.7. The smallest absolute Gasteiger partial charge is 0.215 e. The Labute approximate surface area is 91.5 Å². The summed E-state index contributed by atoms with van der Waals surface area (Å²) in [6.45, 7) is 5.46. The van der Waals surface area contributed by atoms with Gasteiger partial charge in [-0.2, -0.15) is 0 Å². The highest BCUT2D eigenvalue weighted by molar-refractivity contribution is 7.90. The van der Waals surface area contributed by atoms with Gasteiger partial charge in [-0.1, -0.05) is 20.8 Å². The largest absolute Gasteiger partial charge is 0.298 e. The van der Waals surface area contributed by atoms with E-state index in [1.807, 2.05) is 13.8 Å². The maximum atomic E-state index is 11.7. The lowest BCUT2D eigenvalue weighted by atomic mass is 10.00. The van der Waals surface area contributed by atoms with Crippen molar-refractivity contribution < 1.29 is 13.2 Å². The van der Waals surface area contributed by atoms with Crippen LogP contribution in [-0.4, -0.2) is 25.5 Å². The number of ketones is 1. The molecule has 1 aliphatic rings. The van der Waals surface area contributed by atoms with E-state index in [0.29, 0.717) is 6.42 Å². The standard InChI is InChI=1S/C10H19NO3S/c1-4-9(12)10(7(2)3)11-15(13,14)8-5-6-8/h7-8,10-11H,4-6H2,1-3H3. The molecule has 0 aliphatic heterocycles. The summed E-state index contributed by atoms with van der Waals surface area (Å²) in [6, 6.07) is -0.555. The highest BCUT2D eigenvalue weighted by Crippen LogP contribution is 2.28. The topological polar surface area (TPSA) is 63.2 Å². The van der Waals surface area contributed by atoms with Crippen LogP contribution in [0.25, 0.3) is 0 Å². The number of hydrogen-bond donors (Lipinski definition) is 1. The number of carbonyl (C=O) groups is 1. The molecule has 0 amide bonds. The van der Waals surface area contributed by atoms with Gasteiger partial charge in [0, 0.05) is 6.42 Å². The van der Waals surface area contributed by atoms with Crippen molar-refractivity contribution in [1.29, 1.82) is 0 Å². The lowest BCUT2D eigenvalue weighted by Gasteiger charge is -2.20. The highest BCUT2D eigenvalue weighted by atomic mass is 32.2. The van der Waals surface area contributed by atoms with E-state index >= 15 is 0 Å². The minimum absolute atomic E-state index is 0.00553. The Bertz CT molecular complexity index is 331. The molecule has 1 unspecified atom stereocenters. The summed E-state index contributed by atoms with van der Waals surface area (Å²) < 4.78 is 25.9. The summed E-state index contributed by atoms with van der Waals surface area (Å²) >= 11 is 0. The third kappa shape index (κ3) is 3.28. The molecule has 0 heterocycles. The Morgan fingerprint density at radius 2 is 1.93 bits per heavy atom. The van der Waals surface area contributed by atoms with Gasteiger partial charge in [0.2, 0.25) is 10.0 Å². The van der Waals surface area contributed by atoms with Crippen molar-refractivity contribution in [3.05, 3.63) is 0 Å². The molecule has 88 valence electrons. The second kappa shape index (κ2) is 4.61. The van der Waals surface area contributed by atoms with E-state index in [0.717, 1.165) is 12.8 Å². The van der Waals surface area contributed by atoms with E-state index in [4.69, 9.17) is 0 Å². The Kier molecular flexibility index (Phi) is 3.89. The second-order valence-corrected chi connectivity index (χ2v) is 6.40. The van der Waals surface area contributed by atoms with Crippen LogP contribution in [0.3, 0.4) is 0 Å². The Morgan fingerprint density at radius 3 is 2.27 bits per heavy atom. The summed E-state index contributed by atoms with van der Waals surface area (Å²) in [4.78, 5) is 11.5. The number of rotatable bonds is 6. The van der Waals surface area contributed by atoms with Gasteiger partial charge < -0.3 is 0 Å². The van der Waals surface area contributed by atoms with Crippen LogP contribution >= 0.6 is 0 Å². The van der Waals surface area contributed by atoms with Crippen molar-refractivity contribution in [3.8, 4) is 0 Å². The van der Waals surface area contributed by atoms with Crippen molar-refractivity contribution in [3.63, 3.8) is 0 Å². The Balaban J connectivity index is 2.70. The fraction of sp³-hybridized carbons (Fsp3) is 0.900. The van der Waals surface area contributed by atoms with Gasteiger partial charge in [0.25, 0.3) is 0 Å². The van der Waals surface area contributed by atoms with Crippen molar-refractivity contribution in [1.82, 2.24) is 4.72 Å². The quantitative estimate of drug-likeness (QED) is 0.746. The van der Waals surface area contributed by atoms with Gasteiger partial charge in [-0.05, 0) is 18.8 Å². The van der Waals surface area contributed by atoms with E-state index in [1.165, 1.54) is 0 Å². The van der Waals surface area contributed by atoms with Gasteiger partial charge in [0.1, 0.15) is 0 Å². The molecule has 1 rings (SSSR count). The van der Waals surface area contributed by atoms with Gasteiger partial charge in [0.15, 0.2) is 5.78 Å². The van der Waals surface area contributed by atoms with Gasteiger partial charge in [-0.15, -0.1) is 0 Å². The third-order valence-corrected chi connectivity index (χ3v) is 4.55. The number of hydrogen-bond acceptors (Lipinski definition) is 3. The molecule has 1 aliphatic carbocycles. The Hall–Kier alpha value is -0.420. The maximum Gasteiger partial charge on any atom is 0.215 e. The van der Waals surface area contributed by atoms with E-state index in [-0.39, 0.29) is 17.0 Å². The van der Waals surface area contributed by atoms with Gasteiger partial charge in [-0.3, -0.25) is 4.79 Å². The fourth-order valence-electron chi connectivity index (χ4n) is 1.45. The minimum Gasteiger partial charge on any atom is -0.298 e. The number of nitrogens with one attached hydrogen (secondary N) is 1.